The second kappa shape index (κ2) is 9.97. The Morgan fingerprint density at radius 2 is 1.96 bits per heavy atom. The lowest BCUT2D eigenvalue weighted by Crippen LogP contribution is -2.24. The maximum Gasteiger partial charge on any atom is 0.261 e. The minimum Gasteiger partial charge on any atom is -0.496 e. The number of ether oxygens (including phenoxy) is 1. The van der Waals surface area contributed by atoms with Gasteiger partial charge in [-0.25, -0.2) is 5.43 Å². The van der Waals surface area contributed by atoms with Crippen LogP contribution >= 0.6 is 0 Å². The molecule has 2 aromatic carbocycles. The standard InChI is InChI=1S/C21H24N4O2/c1-4-25(5-2)18-12-11-17(20(13-18)27-3)15-23-24-21(26)19(14-22)16-9-7-6-8-10-16/h6-13,15,19H,4-5H2,1-3H3,(H,24,26)/b23-15-/t19-/m0/s1. The van der Waals surface area contributed by atoms with E-state index in [1.165, 1.54) is 6.21 Å². The third-order valence-electron chi connectivity index (χ3n) is 4.25. The Balaban J connectivity index is 2.11. The first-order valence-electron chi connectivity index (χ1n) is 8.85. The Bertz CT molecular complexity index is 824. The van der Waals surface area contributed by atoms with E-state index in [0.717, 1.165) is 24.3 Å². The van der Waals surface area contributed by atoms with E-state index in [-0.39, 0.29) is 0 Å². The zero-order valence-corrected chi connectivity index (χ0v) is 15.8. The van der Waals surface area contributed by atoms with Crippen LogP contribution < -0.4 is 15.1 Å². The van der Waals surface area contributed by atoms with Crippen molar-refractivity contribution in [2.24, 2.45) is 5.10 Å². The number of carbonyl (C=O) groups excluding carboxylic acids is 1. The second-order valence-corrected chi connectivity index (χ2v) is 5.81. The highest BCUT2D eigenvalue weighted by molar-refractivity contribution is 5.89. The van der Waals surface area contributed by atoms with E-state index in [0.29, 0.717) is 11.3 Å². The topological polar surface area (TPSA) is 77.7 Å². The average Bonchev–Trinajstić information content (AvgIpc) is 2.71. The molecule has 0 radical (unpaired) electrons. The maximum atomic E-state index is 12.3. The fraction of sp³-hybridized carbons (Fsp3) is 0.286. The van der Waals surface area contributed by atoms with E-state index >= 15 is 0 Å². The Morgan fingerprint density at radius 3 is 2.56 bits per heavy atom. The molecule has 0 fully saturated rings. The summed E-state index contributed by atoms with van der Waals surface area (Å²) < 4.78 is 5.44. The minimum atomic E-state index is -0.907. The number of hydrogen-bond donors (Lipinski definition) is 1. The second-order valence-electron chi connectivity index (χ2n) is 5.81. The molecular weight excluding hydrogens is 340 g/mol. The first-order valence-corrected chi connectivity index (χ1v) is 8.85. The third kappa shape index (κ3) is 5.08. The molecule has 2 rings (SSSR count). The number of hydrazone groups is 1. The van der Waals surface area contributed by atoms with Crippen LogP contribution in [0.2, 0.25) is 0 Å². The summed E-state index contributed by atoms with van der Waals surface area (Å²) in [5, 5.41) is 13.3. The van der Waals surface area contributed by atoms with Gasteiger partial charge in [0.05, 0.1) is 19.4 Å². The first-order chi connectivity index (χ1) is 13.1. The van der Waals surface area contributed by atoms with Gasteiger partial charge in [0, 0.05) is 30.4 Å². The van der Waals surface area contributed by atoms with Crippen LogP contribution in [0.5, 0.6) is 5.75 Å². The molecule has 0 aliphatic carbocycles. The van der Waals surface area contributed by atoms with E-state index in [4.69, 9.17) is 4.74 Å². The van der Waals surface area contributed by atoms with Gasteiger partial charge in [-0.1, -0.05) is 30.3 Å². The summed E-state index contributed by atoms with van der Waals surface area (Å²) in [7, 11) is 1.60. The summed E-state index contributed by atoms with van der Waals surface area (Å²) in [6.07, 6.45) is 1.52. The van der Waals surface area contributed by atoms with Crippen molar-refractivity contribution in [3.63, 3.8) is 0 Å². The summed E-state index contributed by atoms with van der Waals surface area (Å²) >= 11 is 0. The average molecular weight is 364 g/mol. The number of nitriles is 1. The molecule has 0 saturated carbocycles. The highest BCUT2D eigenvalue weighted by Crippen LogP contribution is 2.24. The molecule has 1 N–H and O–H groups in total. The molecule has 27 heavy (non-hydrogen) atoms. The van der Waals surface area contributed by atoms with E-state index in [1.807, 2.05) is 30.3 Å². The number of nitrogens with zero attached hydrogens (tertiary/aromatic N) is 3. The summed E-state index contributed by atoms with van der Waals surface area (Å²) in [6.45, 7) is 5.99. The van der Waals surface area contributed by atoms with E-state index < -0.39 is 11.8 Å². The molecule has 0 spiro atoms. The molecule has 0 aromatic heterocycles. The van der Waals surface area contributed by atoms with Crippen LogP contribution in [0.25, 0.3) is 0 Å². The van der Waals surface area contributed by atoms with Crippen molar-refractivity contribution in [3.05, 3.63) is 59.7 Å². The number of methoxy groups -OCH3 is 1. The molecule has 0 bridgehead atoms. The summed E-state index contributed by atoms with van der Waals surface area (Å²) in [6, 6.07) is 16.7. The van der Waals surface area contributed by atoms with Crippen LogP contribution in [0.1, 0.15) is 30.9 Å². The number of amides is 1. The van der Waals surface area contributed by atoms with Gasteiger partial charge in [-0.2, -0.15) is 10.4 Å². The fourth-order valence-corrected chi connectivity index (χ4v) is 2.75. The van der Waals surface area contributed by atoms with Gasteiger partial charge in [0.25, 0.3) is 5.91 Å². The Morgan fingerprint density at radius 1 is 1.26 bits per heavy atom. The summed E-state index contributed by atoms with van der Waals surface area (Å²) in [4.78, 5) is 14.5. The normalized spacial score (nSPS) is 11.6. The lowest BCUT2D eigenvalue weighted by atomic mass is 10.0. The number of hydrogen-bond acceptors (Lipinski definition) is 5. The first kappa shape index (κ1) is 20.0. The predicted octanol–water partition coefficient (Wildman–Crippen LogP) is 3.30. The smallest absolute Gasteiger partial charge is 0.261 e. The zero-order valence-electron chi connectivity index (χ0n) is 15.8. The molecule has 2 aromatic rings. The monoisotopic (exact) mass is 364 g/mol. The number of carbonyl (C=O) groups is 1. The van der Waals surface area contributed by atoms with Crippen molar-refractivity contribution in [2.75, 3.05) is 25.1 Å². The molecule has 1 atom stereocenters. The largest absolute Gasteiger partial charge is 0.496 e. The molecular formula is C21H24N4O2. The number of anilines is 1. The van der Waals surface area contributed by atoms with Gasteiger partial charge < -0.3 is 9.64 Å². The van der Waals surface area contributed by atoms with Crippen molar-refractivity contribution in [1.29, 1.82) is 5.26 Å². The quantitative estimate of drug-likeness (QED) is 0.576. The van der Waals surface area contributed by atoms with Crippen molar-refractivity contribution < 1.29 is 9.53 Å². The number of benzene rings is 2. The van der Waals surface area contributed by atoms with Gasteiger partial charge in [-0.15, -0.1) is 0 Å². The SMILES string of the molecule is CCN(CC)c1ccc(/C=N\NC(=O)[C@@H](C#N)c2ccccc2)c(OC)c1. The Kier molecular flexibility index (Phi) is 7.38. The van der Waals surface area contributed by atoms with Gasteiger partial charge >= 0.3 is 0 Å². The predicted molar refractivity (Wildman–Crippen MR) is 107 cm³/mol. The molecule has 140 valence electrons. The van der Waals surface area contributed by atoms with Crippen LogP contribution in [-0.2, 0) is 4.79 Å². The van der Waals surface area contributed by atoms with Gasteiger partial charge in [-0.05, 0) is 31.5 Å². The van der Waals surface area contributed by atoms with Crippen LogP contribution in [-0.4, -0.2) is 32.3 Å². The number of nitrogens with one attached hydrogen (secondary N) is 1. The third-order valence-corrected chi connectivity index (χ3v) is 4.25. The van der Waals surface area contributed by atoms with Crippen LogP contribution in [0.3, 0.4) is 0 Å². The van der Waals surface area contributed by atoms with Crippen molar-refractivity contribution in [2.45, 2.75) is 19.8 Å². The number of rotatable bonds is 8. The minimum absolute atomic E-state index is 0.473. The van der Waals surface area contributed by atoms with Crippen LogP contribution in [0.15, 0.2) is 53.6 Å². The highest BCUT2D eigenvalue weighted by atomic mass is 16.5. The van der Waals surface area contributed by atoms with Crippen LogP contribution in [0, 0.1) is 11.3 Å². The lowest BCUT2D eigenvalue weighted by molar-refractivity contribution is -0.121. The molecule has 1 amide bonds. The Hall–Kier alpha value is -3.33. The van der Waals surface area contributed by atoms with Crippen molar-refractivity contribution in [1.82, 2.24) is 5.43 Å². The van der Waals surface area contributed by atoms with Gasteiger partial charge in [0.15, 0.2) is 5.92 Å². The molecule has 0 aliphatic heterocycles. The van der Waals surface area contributed by atoms with E-state index in [9.17, 15) is 10.1 Å². The van der Waals surface area contributed by atoms with Gasteiger partial charge in [0.1, 0.15) is 5.75 Å². The molecule has 0 heterocycles. The molecule has 0 saturated heterocycles. The Labute approximate surface area is 160 Å². The van der Waals surface area contributed by atoms with Gasteiger partial charge in [0.2, 0.25) is 0 Å². The van der Waals surface area contributed by atoms with Gasteiger partial charge in [-0.3, -0.25) is 4.79 Å². The zero-order chi connectivity index (χ0) is 19.6. The highest BCUT2D eigenvalue weighted by Gasteiger charge is 2.19. The van der Waals surface area contributed by atoms with E-state index in [2.05, 4.69) is 29.3 Å². The fourth-order valence-electron chi connectivity index (χ4n) is 2.75. The van der Waals surface area contributed by atoms with Crippen LogP contribution in [0.4, 0.5) is 5.69 Å². The maximum absolute atomic E-state index is 12.3. The summed E-state index contributed by atoms with van der Waals surface area (Å²) in [5.41, 5.74) is 4.87. The molecule has 6 nitrogen and oxygen atoms in total. The van der Waals surface area contributed by atoms with E-state index in [1.54, 1.807) is 31.4 Å². The van der Waals surface area contributed by atoms with Crippen molar-refractivity contribution in [3.8, 4) is 11.8 Å². The van der Waals surface area contributed by atoms with Crippen molar-refractivity contribution >= 4 is 17.8 Å². The lowest BCUT2D eigenvalue weighted by Gasteiger charge is -2.22. The molecule has 0 unspecified atom stereocenters. The molecule has 0 aliphatic rings. The summed E-state index contributed by atoms with van der Waals surface area (Å²) in [5.74, 6) is -0.716. The molecule has 6 heteroatoms.